The molecule has 6 nitrogen and oxygen atoms in total. The Morgan fingerprint density at radius 1 is 1.33 bits per heavy atom. The molecule has 0 aliphatic rings. The molecule has 0 aliphatic heterocycles. The molecule has 0 radical (unpaired) electrons. The maximum absolute atomic E-state index is 12.4. The van der Waals surface area contributed by atoms with Crippen molar-refractivity contribution in [3.05, 3.63) is 45.7 Å². The number of amides is 1. The van der Waals surface area contributed by atoms with Crippen LogP contribution in [0, 0.1) is 19.8 Å². The summed E-state index contributed by atoms with van der Waals surface area (Å²) < 4.78 is 1.68. The lowest BCUT2D eigenvalue weighted by atomic mass is 10.0. The van der Waals surface area contributed by atoms with E-state index in [-0.39, 0.29) is 18.4 Å². The van der Waals surface area contributed by atoms with Gasteiger partial charge in [-0.3, -0.25) is 4.79 Å². The van der Waals surface area contributed by atoms with Gasteiger partial charge in [-0.15, -0.1) is 16.4 Å². The summed E-state index contributed by atoms with van der Waals surface area (Å²) in [5.74, 6) is 1.26. The lowest BCUT2D eigenvalue weighted by molar-refractivity contribution is -0.121. The lowest BCUT2D eigenvalue weighted by Gasteiger charge is -2.20. The summed E-state index contributed by atoms with van der Waals surface area (Å²) >= 11 is 1.65. The van der Waals surface area contributed by atoms with E-state index in [1.54, 1.807) is 15.9 Å². The summed E-state index contributed by atoms with van der Waals surface area (Å²) in [5.41, 5.74) is 1.84. The van der Waals surface area contributed by atoms with Crippen LogP contribution in [0.15, 0.2) is 23.6 Å². The van der Waals surface area contributed by atoms with E-state index in [1.165, 1.54) is 0 Å². The molecule has 0 aliphatic carbocycles. The number of carbonyl (C=O) groups excluding carboxylic acids is 1. The normalized spacial score (nSPS) is 12.7. The summed E-state index contributed by atoms with van der Waals surface area (Å²) in [4.78, 5) is 22.3. The van der Waals surface area contributed by atoms with Crippen molar-refractivity contribution in [2.24, 2.45) is 5.92 Å². The zero-order chi connectivity index (χ0) is 17.3. The fraction of sp³-hybridized carbons (Fsp3) is 0.412. The maximum Gasteiger partial charge on any atom is 0.252 e. The SMILES string of the molecule is Cc1cc(C)n2nc(CC(=O)N[C@@H](c3cccs3)C(C)C)nc2n1. The molecule has 0 bridgehead atoms. The van der Waals surface area contributed by atoms with Crippen molar-refractivity contribution >= 4 is 23.0 Å². The number of thiophene rings is 1. The van der Waals surface area contributed by atoms with Gasteiger partial charge in [0.25, 0.3) is 5.78 Å². The Labute approximate surface area is 145 Å². The van der Waals surface area contributed by atoms with Gasteiger partial charge in [-0.1, -0.05) is 19.9 Å². The molecule has 126 valence electrons. The Morgan fingerprint density at radius 2 is 2.12 bits per heavy atom. The number of carbonyl (C=O) groups is 1. The molecule has 0 saturated heterocycles. The monoisotopic (exact) mass is 343 g/mol. The second-order valence-corrected chi connectivity index (χ2v) is 7.24. The van der Waals surface area contributed by atoms with Gasteiger partial charge < -0.3 is 5.32 Å². The summed E-state index contributed by atoms with van der Waals surface area (Å²) in [6, 6.07) is 6.00. The Balaban J connectivity index is 1.76. The van der Waals surface area contributed by atoms with E-state index in [0.717, 1.165) is 16.3 Å². The fourth-order valence-electron chi connectivity index (χ4n) is 2.69. The largest absolute Gasteiger partial charge is 0.348 e. The van der Waals surface area contributed by atoms with Gasteiger partial charge in [0.05, 0.1) is 12.5 Å². The smallest absolute Gasteiger partial charge is 0.252 e. The second kappa shape index (κ2) is 6.68. The van der Waals surface area contributed by atoms with Gasteiger partial charge in [0.1, 0.15) is 0 Å². The first-order valence-corrected chi connectivity index (χ1v) is 8.84. The van der Waals surface area contributed by atoms with E-state index in [2.05, 4.69) is 40.3 Å². The minimum Gasteiger partial charge on any atom is -0.348 e. The third kappa shape index (κ3) is 3.46. The second-order valence-electron chi connectivity index (χ2n) is 6.26. The molecule has 0 unspecified atom stereocenters. The van der Waals surface area contributed by atoms with E-state index in [1.807, 2.05) is 31.4 Å². The van der Waals surface area contributed by atoms with Gasteiger partial charge in [0.2, 0.25) is 5.91 Å². The van der Waals surface area contributed by atoms with Gasteiger partial charge in [-0.05, 0) is 37.3 Å². The molecule has 7 heteroatoms. The number of fused-ring (bicyclic) bond motifs is 1. The van der Waals surface area contributed by atoms with Crippen LogP contribution in [0.1, 0.15) is 42.0 Å². The van der Waals surface area contributed by atoms with E-state index in [0.29, 0.717) is 17.5 Å². The van der Waals surface area contributed by atoms with Crippen molar-refractivity contribution in [2.75, 3.05) is 0 Å². The average Bonchev–Trinajstić information content (AvgIpc) is 3.13. The number of hydrogen-bond acceptors (Lipinski definition) is 5. The molecule has 3 aromatic heterocycles. The van der Waals surface area contributed by atoms with Crippen molar-refractivity contribution < 1.29 is 4.79 Å². The van der Waals surface area contributed by atoms with E-state index >= 15 is 0 Å². The fourth-order valence-corrected chi connectivity index (χ4v) is 3.63. The van der Waals surface area contributed by atoms with Crippen molar-refractivity contribution in [1.29, 1.82) is 0 Å². The van der Waals surface area contributed by atoms with Crippen molar-refractivity contribution in [3.63, 3.8) is 0 Å². The van der Waals surface area contributed by atoms with Crippen LogP contribution in [0.25, 0.3) is 5.78 Å². The Kier molecular flexibility index (Phi) is 4.62. The van der Waals surface area contributed by atoms with Crippen LogP contribution in [0.3, 0.4) is 0 Å². The first kappa shape index (κ1) is 16.6. The van der Waals surface area contributed by atoms with E-state index in [9.17, 15) is 4.79 Å². The molecule has 0 aromatic carbocycles. The van der Waals surface area contributed by atoms with Gasteiger partial charge in [0.15, 0.2) is 5.82 Å². The zero-order valence-electron chi connectivity index (χ0n) is 14.3. The Bertz CT molecular complexity index is 853. The van der Waals surface area contributed by atoms with Crippen molar-refractivity contribution in [3.8, 4) is 0 Å². The maximum atomic E-state index is 12.4. The van der Waals surface area contributed by atoms with Gasteiger partial charge in [0, 0.05) is 16.3 Å². The van der Waals surface area contributed by atoms with Crippen molar-refractivity contribution in [2.45, 2.75) is 40.2 Å². The first-order chi connectivity index (χ1) is 11.4. The Morgan fingerprint density at radius 3 is 2.79 bits per heavy atom. The van der Waals surface area contributed by atoms with Crippen molar-refractivity contribution in [1.82, 2.24) is 24.9 Å². The topological polar surface area (TPSA) is 72.2 Å². The predicted molar refractivity (Wildman–Crippen MR) is 94.0 cm³/mol. The van der Waals surface area contributed by atoms with Gasteiger partial charge >= 0.3 is 0 Å². The minimum absolute atomic E-state index is 0.0108. The highest BCUT2D eigenvalue weighted by Gasteiger charge is 2.20. The summed E-state index contributed by atoms with van der Waals surface area (Å²) in [6.45, 7) is 8.07. The number of aromatic nitrogens is 4. The molecule has 0 saturated carbocycles. The van der Waals surface area contributed by atoms with Gasteiger partial charge in [-0.25, -0.2) is 9.50 Å². The molecular formula is C17H21N5OS. The molecule has 3 heterocycles. The summed E-state index contributed by atoms with van der Waals surface area (Å²) in [5, 5.41) is 9.52. The minimum atomic E-state index is -0.0765. The van der Waals surface area contributed by atoms with Crippen LogP contribution < -0.4 is 5.32 Å². The highest BCUT2D eigenvalue weighted by molar-refractivity contribution is 7.10. The number of rotatable bonds is 5. The average molecular weight is 343 g/mol. The molecule has 3 aromatic rings. The number of nitrogens with one attached hydrogen (secondary N) is 1. The molecule has 1 atom stereocenters. The highest BCUT2D eigenvalue weighted by atomic mass is 32.1. The quantitative estimate of drug-likeness (QED) is 0.773. The number of hydrogen-bond donors (Lipinski definition) is 1. The van der Waals surface area contributed by atoms with Crippen LogP contribution in [-0.4, -0.2) is 25.5 Å². The molecule has 1 amide bonds. The standard InChI is InChI=1S/C17H21N5OS/c1-10(2)16(13-6-5-7-24-13)20-15(23)9-14-19-17-18-11(3)8-12(4)22(17)21-14/h5-8,10,16H,9H2,1-4H3,(H,20,23)/t16-/m1/s1. The Hall–Kier alpha value is -2.28. The molecule has 3 rings (SSSR count). The number of nitrogens with zero attached hydrogens (tertiary/aromatic N) is 4. The lowest BCUT2D eigenvalue weighted by Crippen LogP contribution is -2.32. The highest BCUT2D eigenvalue weighted by Crippen LogP contribution is 2.25. The van der Waals surface area contributed by atoms with Crippen LogP contribution >= 0.6 is 11.3 Å². The molecule has 0 fully saturated rings. The van der Waals surface area contributed by atoms with Crippen LogP contribution in [0.4, 0.5) is 0 Å². The summed E-state index contributed by atoms with van der Waals surface area (Å²) in [7, 11) is 0. The number of aryl methyl sites for hydroxylation is 2. The van der Waals surface area contributed by atoms with Gasteiger partial charge in [-0.2, -0.15) is 4.98 Å². The third-order valence-electron chi connectivity index (χ3n) is 3.81. The van der Waals surface area contributed by atoms with Crippen LogP contribution in [0.5, 0.6) is 0 Å². The molecule has 1 N–H and O–H groups in total. The van der Waals surface area contributed by atoms with E-state index in [4.69, 9.17) is 0 Å². The molecule has 24 heavy (non-hydrogen) atoms. The third-order valence-corrected chi connectivity index (χ3v) is 4.77. The van der Waals surface area contributed by atoms with Crippen LogP contribution in [-0.2, 0) is 11.2 Å². The van der Waals surface area contributed by atoms with Crippen LogP contribution in [0.2, 0.25) is 0 Å². The predicted octanol–water partition coefficient (Wildman–Crippen LogP) is 2.86. The molecular weight excluding hydrogens is 322 g/mol. The van der Waals surface area contributed by atoms with E-state index < -0.39 is 0 Å². The molecule has 0 spiro atoms. The first-order valence-electron chi connectivity index (χ1n) is 7.96. The zero-order valence-corrected chi connectivity index (χ0v) is 15.1. The summed E-state index contributed by atoms with van der Waals surface area (Å²) in [6.07, 6.45) is 0.149.